The van der Waals surface area contributed by atoms with Crippen molar-refractivity contribution in [1.29, 1.82) is 0 Å². The van der Waals surface area contributed by atoms with E-state index in [1.165, 1.54) is 12.1 Å². The molecule has 1 aromatic carbocycles. The largest absolute Gasteiger partial charge is 0.342 e. The van der Waals surface area contributed by atoms with Crippen LogP contribution in [-0.2, 0) is 11.2 Å². The van der Waals surface area contributed by atoms with Crippen LogP contribution in [0.2, 0.25) is 0 Å². The highest BCUT2D eigenvalue weighted by molar-refractivity contribution is 5.85. The number of amides is 1. The third-order valence-corrected chi connectivity index (χ3v) is 4.89. The van der Waals surface area contributed by atoms with Gasteiger partial charge in [0.2, 0.25) is 5.91 Å². The summed E-state index contributed by atoms with van der Waals surface area (Å²) in [5.74, 6) is 0.0885. The van der Waals surface area contributed by atoms with Gasteiger partial charge < -0.3 is 10.2 Å². The van der Waals surface area contributed by atoms with Gasteiger partial charge in [-0.05, 0) is 56.5 Å². The van der Waals surface area contributed by atoms with Crippen LogP contribution in [0.5, 0.6) is 0 Å². The van der Waals surface area contributed by atoms with Crippen molar-refractivity contribution in [2.45, 2.75) is 31.7 Å². The van der Waals surface area contributed by atoms with Gasteiger partial charge in [-0.2, -0.15) is 0 Å². The third kappa shape index (κ3) is 2.33. The van der Waals surface area contributed by atoms with Crippen molar-refractivity contribution in [3.8, 4) is 0 Å². The first-order chi connectivity index (χ1) is 9.61. The first-order valence-corrected chi connectivity index (χ1v) is 7.33. The summed E-state index contributed by atoms with van der Waals surface area (Å²) in [6.07, 6.45) is 3.63. The highest BCUT2D eigenvalue weighted by atomic mass is 19.1. The lowest BCUT2D eigenvalue weighted by Crippen LogP contribution is -2.42. The zero-order valence-corrected chi connectivity index (χ0v) is 11.9. The number of likely N-dealkylation sites (tertiary alicyclic amines) is 1. The lowest BCUT2D eigenvalue weighted by molar-refractivity contribution is -0.136. The Labute approximate surface area is 119 Å². The fourth-order valence-corrected chi connectivity index (χ4v) is 3.64. The Morgan fingerprint density at radius 3 is 2.60 bits per heavy atom. The summed E-state index contributed by atoms with van der Waals surface area (Å²) in [7, 11) is 1.91. The summed E-state index contributed by atoms with van der Waals surface area (Å²) < 4.78 is 13.0. The molecule has 108 valence electrons. The van der Waals surface area contributed by atoms with Crippen molar-refractivity contribution in [3.63, 3.8) is 0 Å². The van der Waals surface area contributed by atoms with Crippen molar-refractivity contribution in [2.75, 3.05) is 20.1 Å². The molecule has 0 radical (unpaired) electrons. The number of nitrogens with one attached hydrogen (secondary N) is 1. The summed E-state index contributed by atoms with van der Waals surface area (Å²) in [5.41, 5.74) is 0.951. The molecule has 20 heavy (non-hydrogen) atoms. The summed E-state index contributed by atoms with van der Waals surface area (Å²) >= 11 is 0. The van der Waals surface area contributed by atoms with Crippen molar-refractivity contribution < 1.29 is 9.18 Å². The Morgan fingerprint density at radius 2 is 1.95 bits per heavy atom. The molecule has 1 amide bonds. The maximum absolute atomic E-state index is 13.0. The van der Waals surface area contributed by atoms with Gasteiger partial charge in [0, 0.05) is 13.1 Å². The van der Waals surface area contributed by atoms with E-state index in [0.29, 0.717) is 5.91 Å². The summed E-state index contributed by atoms with van der Waals surface area (Å²) in [6.45, 7) is 1.87. The Hall–Kier alpha value is -1.42. The topological polar surface area (TPSA) is 32.3 Å². The molecule has 2 aliphatic rings. The van der Waals surface area contributed by atoms with E-state index in [-0.39, 0.29) is 17.3 Å². The summed E-state index contributed by atoms with van der Waals surface area (Å²) in [4.78, 5) is 14.5. The second-order valence-corrected chi connectivity index (χ2v) is 6.13. The Balaban J connectivity index is 1.74. The number of likely N-dealkylation sites (N-methyl/N-ethyl adjacent to an activating group) is 1. The average Bonchev–Trinajstić information content (AvgIpc) is 2.68. The van der Waals surface area contributed by atoms with Gasteiger partial charge in [-0.25, -0.2) is 4.39 Å². The van der Waals surface area contributed by atoms with Crippen LogP contribution in [-0.4, -0.2) is 37.0 Å². The van der Waals surface area contributed by atoms with E-state index in [9.17, 15) is 9.18 Å². The summed E-state index contributed by atoms with van der Waals surface area (Å²) in [5, 5.41) is 3.33. The van der Waals surface area contributed by atoms with Crippen molar-refractivity contribution >= 4 is 5.91 Å². The van der Waals surface area contributed by atoms with Gasteiger partial charge in [-0.1, -0.05) is 12.1 Å². The van der Waals surface area contributed by atoms with Crippen molar-refractivity contribution in [2.24, 2.45) is 5.41 Å². The molecule has 1 aromatic rings. The predicted octanol–water partition coefficient (Wildman–Crippen LogP) is 1.97. The highest BCUT2D eigenvalue weighted by Crippen LogP contribution is 2.43. The number of piperidine rings is 1. The minimum absolute atomic E-state index is 0.148. The number of benzene rings is 1. The monoisotopic (exact) mass is 276 g/mol. The number of hydrogen-bond donors (Lipinski definition) is 1. The standard InChI is InChI=1S/C16H21FN2O/c1-19-14(10-12-2-4-13(17)5-3-12)11-16(15(19)20)6-8-18-9-7-16/h2-5,14,18H,6-11H2,1H3/t14-/m1/s1. The van der Waals surface area contributed by atoms with Crippen LogP contribution in [0.15, 0.2) is 24.3 Å². The maximum atomic E-state index is 13.0. The van der Waals surface area contributed by atoms with E-state index in [1.807, 2.05) is 24.1 Å². The van der Waals surface area contributed by atoms with Gasteiger partial charge in [0.25, 0.3) is 0 Å². The molecule has 2 heterocycles. The number of rotatable bonds is 2. The molecule has 0 unspecified atom stereocenters. The molecular formula is C16H21FN2O. The molecule has 3 nitrogen and oxygen atoms in total. The minimum Gasteiger partial charge on any atom is -0.342 e. The van der Waals surface area contributed by atoms with Crippen LogP contribution in [0.4, 0.5) is 4.39 Å². The highest BCUT2D eigenvalue weighted by Gasteiger charge is 2.49. The van der Waals surface area contributed by atoms with Crippen LogP contribution < -0.4 is 5.32 Å². The Morgan fingerprint density at radius 1 is 1.30 bits per heavy atom. The quantitative estimate of drug-likeness (QED) is 0.895. The zero-order valence-electron chi connectivity index (χ0n) is 11.9. The lowest BCUT2D eigenvalue weighted by atomic mass is 9.76. The first kappa shape index (κ1) is 13.6. The molecular weight excluding hydrogens is 255 g/mol. The minimum atomic E-state index is -0.209. The van der Waals surface area contributed by atoms with E-state index in [2.05, 4.69) is 5.32 Å². The van der Waals surface area contributed by atoms with E-state index in [1.54, 1.807) is 0 Å². The van der Waals surface area contributed by atoms with Crippen LogP contribution in [0, 0.1) is 11.2 Å². The zero-order chi connectivity index (χ0) is 14.2. The normalized spacial score (nSPS) is 25.4. The molecule has 0 bridgehead atoms. The second-order valence-electron chi connectivity index (χ2n) is 6.13. The Bertz CT molecular complexity index is 494. The van der Waals surface area contributed by atoms with E-state index < -0.39 is 0 Å². The van der Waals surface area contributed by atoms with Crippen LogP contribution >= 0.6 is 0 Å². The van der Waals surface area contributed by atoms with Crippen molar-refractivity contribution in [1.82, 2.24) is 10.2 Å². The smallest absolute Gasteiger partial charge is 0.228 e. The molecule has 1 atom stereocenters. The van der Waals surface area contributed by atoms with Crippen molar-refractivity contribution in [3.05, 3.63) is 35.6 Å². The maximum Gasteiger partial charge on any atom is 0.228 e. The number of nitrogens with zero attached hydrogens (tertiary/aromatic N) is 1. The second kappa shape index (κ2) is 5.17. The van der Waals surface area contributed by atoms with Gasteiger partial charge in [0.05, 0.1) is 5.41 Å². The molecule has 2 fully saturated rings. The fourth-order valence-electron chi connectivity index (χ4n) is 3.64. The van der Waals surface area contributed by atoms with Gasteiger partial charge in [0.15, 0.2) is 0 Å². The van der Waals surface area contributed by atoms with E-state index >= 15 is 0 Å². The van der Waals surface area contributed by atoms with E-state index in [0.717, 1.165) is 44.3 Å². The molecule has 2 saturated heterocycles. The first-order valence-electron chi connectivity index (χ1n) is 7.33. The molecule has 0 aromatic heterocycles. The molecule has 4 heteroatoms. The van der Waals surface area contributed by atoms with Gasteiger partial charge >= 0.3 is 0 Å². The van der Waals surface area contributed by atoms with Gasteiger partial charge in [0.1, 0.15) is 5.82 Å². The van der Waals surface area contributed by atoms with Crippen LogP contribution in [0.25, 0.3) is 0 Å². The number of hydrogen-bond acceptors (Lipinski definition) is 2. The number of carbonyl (C=O) groups is 1. The average molecular weight is 276 g/mol. The number of halogens is 1. The van der Waals surface area contributed by atoms with Crippen LogP contribution in [0.3, 0.4) is 0 Å². The van der Waals surface area contributed by atoms with E-state index in [4.69, 9.17) is 0 Å². The van der Waals surface area contributed by atoms with Gasteiger partial charge in [-0.3, -0.25) is 4.79 Å². The predicted molar refractivity (Wildman–Crippen MR) is 75.8 cm³/mol. The summed E-state index contributed by atoms with van der Waals surface area (Å²) in [6, 6.07) is 6.87. The lowest BCUT2D eigenvalue weighted by Gasteiger charge is -2.31. The fraction of sp³-hybridized carbons (Fsp3) is 0.562. The SMILES string of the molecule is CN1C(=O)C2(CCNCC2)C[C@H]1Cc1ccc(F)cc1. The number of carbonyl (C=O) groups excluding carboxylic acids is 1. The van der Waals surface area contributed by atoms with Gasteiger partial charge in [-0.15, -0.1) is 0 Å². The van der Waals surface area contributed by atoms with Crippen LogP contribution in [0.1, 0.15) is 24.8 Å². The third-order valence-electron chi connectivity index (χ3n) is 4.89. The molecule has 0 aliphatic carbocycles. The molecule has 1 spiro atoms. The molecule has 3 rings (SSSR count). The Kier molecular flexibility index (Phi) is 3.50. The molecule has 2 aliphatic heterocycles. The molecule has 1 N–H and O–H groups in total. The molecule has 0 saturated carbocycles.